The Hall–Kier alpha value is -2.75. The molecular weight excluding hydrogens is 318 g/mol. The van der Waals surface area contributed by atoms with E-state index in [-0.39, 0.29) is 18.5 Å². The summed E-state index contributed by atoms with van der Waals surface area (Å²) in [4.78, 5) is 29.9. The van der Waals surface area contributed by atoms with Crippen molar-refractivity contribution in [1.29, 1.82) is 5.26 Å². The Kier molecular flexibility index (Phi) is 5.52. The van der Waals surface area contributed by atoms with Crippen molar-refractivity contribution in [2.75, 3.05) is 45.6 Å². The van der Waals surface area contributed by atoms with Crippen molar-refractivity contribution in [2.24, 2.45) is 0 Å². The van der Waals surface area contributed by atoms with Gasteiger partial charge in [-0.15, -0.1) is 0 Å². The van der Waals surface area contributed by atoms with E-state index in [0.717, 1.165) is 5.69 Å². The molecule has 7 nitrogen and oxygen atoms in total. The van der Waals surface area contributed by atoms with Gasteiger partial charge in [0, 0.05) is 39.4 Å². The van der Waals surface area contributed by atoms with E-state index < -0.39 is 5.54 Å². The van der Waals surface area contributed by atoms with E-state index in [9.17, 15) is 9.59 Å². The second-order valence-corrected chi connectivity index (χ2v) is 7.00. The molecule has 1 aliphatic heterocycles. The number of nitriles is 1. The van der Waals surface area contributed by atoms with Gasteiger partial charge in [0.05, 0.1) is 23.7 Å². The van der Waals surface area contributed by atoms with Gasteiger partial charge < -0.3 is 20.0 Å². The van der Waals surface area contributed by atoms with Crippen molar-refractivity contribution in [3.05, 3.63) is 29.8 Å². The molecule has 1 heterocycles. The third kappa shape index (κ3) is 4.41. The molecule has 0 radical (unpaired) electrons. The number of carbonyl (C=O) groups excluding carboxylic acids is 2. The summed E-state index contributed by atoms with van der Waals surface area (Å²) in [7, 11) is 3.46. The van der Waals surface area contributed by atoms with E-state index in [0.29, 0.717) is 25.2 Å². The molecule has 0 unspecified atom stereocenters. The van der Waals surface area contributed by atoms with Gasteiger partial charge >= 0.3 is 6.03 Å². The van der Waals surface area contributed by atoms with Crippen LogP contribution in [0, 0.1) is 11.3 Å². The summed E-state index contributed by atoms with van der Waals surface area (Å²) in [5, 5.41) is 11.9. The van der Waals surface area contributed by atoms with E-state index in [1.54, 1.807) is 48.2 Å². The minimum absolute atomic E-state index is 0.00804. The highest BCUT2D eigenvalue weighted by molar-refractivity contribution is 5.82. The number of amides is 3. The zero-order chi connectivity index (χ0) is 18.6. The van der Waals surface area contributed by atoms with Crippen LogP contribution in [0.5, 0.6) is 0 Å². The van der Waals surface area contributed by atoms with Crippen molar-refractivity contribution in [3.8, 4) is 6.07 Å². The second kappa shape index (κ2) is 7.43. The fourth-order valence-corrected chi connectivity index (χ4v) is 3.00. The number of piperazine rings is 1. The maximum atomic E-state index is 12.6. The molecule has 1 aromatic carbocycles. The van der Waals surface area contributed by atoms with Crippen LogP contribution < -0.4 is 5.32 Å². The number of nitrogens with zero attached hydrogens (tertiary/aromatic N) is 4. The average molecular weight is 343 g/mol. The van der Waals surface area contributed by atoms with Gasteiger partial charge in [-0.3, -0.25) is 4.79 Å². The Bertz CT molecular complexity index is 676. The van der Waals surface area contributed by atoms with Gasteiger partial charge in [0.25, 0.3) is 0 Å². The van der Waals surface area contributed by atoms with Crippen LogP contribution >= 0.6 is 0 Å². The van der Waals surface area contributed by atoms with Crippen LogP contribution in [-0.4, -0.2) is 72.5 Å². The van der Waals surface area contributed by atoms with Crippen LogP contribution in [0.25, 0.3) is 0 Å². The maximum Gasteiger partial charge on any atom is 0.319 e. The van der Waals surface area contributed by atoms with E-state index in [2.05, 4.69) is 11.4 Å². The predicted molar refractivity (Wildman–Crippen MR) is 96.1 cm³/mol. The Balaban J connectivity index is 1.95. The molecule has 1 aliphatic rings. The first-order valence-corrected chi connectivity index (χ1v) is 8.25. The van der Waals surface area contributed by atoms with Gasteiger partial charge in [-0.1, -0.05) is 0 Å². The number of urea groups is 1. The summed E-state index contributed by atoms with van der Waals surface area (Å²) in [6.07, 6.45) is 0. The van der Waals surface area contributed by atoms with Crippen LogP contribution in [0.15, 0.2) is 24.3 Å². The molecule has 7 heteroatoms. The number of benzene rings is 1. The molecule has 2 rings (SSSR count). The van der Waals surface area contributed by atoms with E-state index in [1.165, 1.54) is 0 Å². The maximum absolute atomic E-state index is 12.6. The molecule has 1 saturated heterocycles. The van der Waals surface area contributed by atoms with E-state index in [1.807, 2.05) is 18.7 Å². The zero-order valence-electron chi connectivity index (χ0n) is 15.2. The molecule has 1 aromatic rings. The summed E-state index contributed by atoms with van der Waals surface area (Å²) in [5.41, 5.74) is 0.958. The average Bonchev–Trinajstić information content (AvgIpc) is 2.58. The Labute approximate surface area is 148 Å². The number of anilines is 1. The molecular formula is C18H25N5O2. The van der Waals surface area contributed by atoms with Crippen molar-refractivity contribution in [2.45, 2.75) is 19.4 Å². The lowest BCUT2D eigenvalue weighted by Crippen LogP contribution is -2.63. The lowest BCUT2D eigenvalue weighted by molar-refractivity contribution is -0.137. The Morgan fingerprint density at radius 2 is 1.88 bits per heavy atom. The molecule has 0 spiro atoms. The lowest BCUT2D eigenvalue weighted by atomic mass is 9.98. The first-order valence-electron chi connectivity index (χ1n) is 8.25. The third-order valence-electron chi connectivity index (χ3n) is 4.31. The number of nitrogens with one attached hydrogen (secondary N) is 1. The summed E-state index contributed by atoms with van der Waals surface area (Å²) in [6.45, 7) is 5.68. The smallest absolute Gasteiger partial charge is 0.319 e. The van der Waals surface area contributed by atoms with Crippen LogP contribution in [0.1, 0.15) is 19.4 Å². The SMILES string of the molecule is CN(C)C(=O)N1CCN(C(=O)CNc2ccc(C#N)cc2)C(C)(C)C1. The molecule has 3 amide bonds. The standard InChI is InChI=1S/C18H25N5O2/c1-18(2)13-22(17(25)21(3)4)9-10-23(18)16(24)12-20-15-7-5-14(11-19)6-8-15/h5-8,20H,9-10,12-13H2,1-4H3. The molecule has 134 valence electrons. The summed E-state index contributed by atoms with van der Waals surface area (Å²) < 4.78 is 0. The minimum Gasteiger partial charge on any atom is -0.376 e. The highest BCUT2D eigenvalue weighted by atomic mass is 16.2. The van der Waals surface area contributed by atoms with Gasteiger partial charge in [-0.25, -0.2) is 4.79 Å². The molecule has 0 aromatic heterocycles. The number of hydrogen-bond donors (Lipinski definition) is 1. The highest BCUT2D eigenvalue weighted by Gasteiger charge is 2.38. The highest BCUT2D eigenvalue weighted by Crippen LogP contribution is 2.22. The van der Waals surface area contributed by atoms with Crippen molar-refractivity contribution in [3.63, 3.8) is 0 Å². The van der Waals surface area contributed by atoms with Crippen molar-refractivity contribution >= 4 is 17.6 Å². The molecule has 0 atom stereocenters. The van der Waals surface area contributed by atoms with Crippen molar-refractivity contribution < 1.29 is 9.59 Å². The first-order chi connectivity index (χ1) is 11.7. The molecule has 1 N–H and O–H groups in total. The van der Waals surface area contributed by atoms with Gasteiger partial charge in [0.15, 0.2) is 0 Å². The molecule has 1 fully saturated rings. The zero-order valence-corrected chi connectivity index (χ0v) is 15.2. The number of hydrogen-bond acceptors (Lipinski definition) is 4. The number of carbonyl (C=O) groups is 2. The lowest BCUT2D eigenvalue weighted by Gasteiger charge is -2.47. The monoisotopic (exact) mass is 343 g/mol. The first kappa shape index (κ1) is 18.6. The van der Waals surface area contributed by atoms with Gasteiger partial charge in [0.2, 0.25) is 5.91 Å². The summed E-state index contributed by atoms with van der Waals surface area (Å²) in [5.74, 6) is -0.00804. The summed E-state index contributed by atoms with van der Waals surface area (Å²) in [6, 6.07) is 9.02. The molecule has 25 heavy (non-hydrogen) atoms. The summed E-state index contributed by atoms with van der Waals surface area (Å²) >= 11 is 0. The minimum atomic E-state index is -0.423. The number of rotatable bonds is 3. The topological polar surface area (TPSA) is 79.7 Å². The molecule has 0 saturated carbocycles. The van der Waals surface area contributed by atoms with Gasteiger partial charge in [-0.05, 0) is 38.1 Å². The fourth-order valence-electron chi connectivity index (χ4n) is 3.00. The fraction of sp³-hybridized carbons (Fsp3) is 0.500. The van der Waals surface area contributed by atoms with Gasteiger partial charge in [0.1, 0.15) is 0 Å². The Morgan fingerprint density at radius 3 is 2.40 bits per heavy atom. The molecule has 0 bridgehead atoms. The Morgan fingerprint density at radius 1 is 1.24 bits per heavy atom. The third-order valence-corrected chi connectivity index (χ3v) is 4.31. The largest absolute Gasteiger partial charge is 0.376 e. The van der Waals surface area contributed by atoms with E-state index >= 15 is 0 Å². The normalized spacial score (nSPS) is 16.1. The quantitative estimate of drug-likeness (QED) is 0.903. The second-order valence-electron chi connectivity index (χ2n) is 7.00. The van der Waals surface area contributed by atoms with Crippen LogP contribution in [0.4, 0.5) is 10.5 Å². The van der Waals surface area contributed by atoms with E-state index in [4.69, 9.17) is 5.26 Å². The predicted octanol–water partition coefficient (Wildman–Crippen LogP) is 1.57. The van der Waals surface area contributed by atoms with Gasteiger partial charge in [-0.2, -0.15) is 5.26 Å². The van der Waals surface area contributed by atoms with Crippen LogP contribution in [-0.2, 0) is 4.79 Å². The van der Waals surface area contributed by atoms with Crippen LogP contribution in [0.3, 0.4) is 0 Å². The molecule has 0 aliphatic carbocycles. The van der Waals surface area contributed by atoms with Crippen molar-refractivity contribution in [1.82, 2.24) is 14.7 Å². The van der Waals surface area contributed by atoms with Crippen LogP contribution in [0.2, 0.25) is 0 Å².